The summed E-state index contributed by atoms with van der Waals surface area (Å²) in [5, 5.41) is 9.32. The van der Waals surface area contributed by atoms with Crippen molar-refractivity contribution in [3.05, 3.63) is 29.8 Å². The standard InChI is InChI=1S/C18H26N2O3/c1-18(2,3)13-8-10-14(11-9-13)19(4)17(23)20-12-6-5-7-15(20)16(21)22/h8-11,15H,5-7,12H2,1-4H3,(H,21,22). The minimum atomic E-state index is -0.922. The van der Waals surface area contributed by atoms with Crippen molar-refractivity contribution in [2.45, 2.75) is 51.5 Å². The molecular weight excluding hydrogens is 292 g/mol. The number of aliphatic carboxylic acids is 1. The first kappa shape index (κ1) is 17.3. The molecule has 0 saturated carbocycles. The number of carboxylic acid groups (broad SMARTS) is 1. The van der Waals surface area contributed by atoms with Crippen LogP contribution < -0.4 is 4.90 Å². The molecule has 1 unspecified atom stereocenters. The molecule has 1 saturated heterocycles. The van der Waals surface area contributed by atoms with Gasteiger partial charge in [-0.15, -0.1) is 0 Å². The van der Waals surface area contributed by atoms with Gasteiger partial charge in [0.25, 0.3) is 0 Å². The van der Waals surface area contributed by atoms with Gasteiger partial charge in [0.2, 0.25) is 0 Å². The van der Waals surface area contributed by atoms with Crippen LogP contribution in [-0.4, -0.2) is 41.6 Å². The molecule has 0 spiro atoms. The predicted molar refractivity (Wildman–Crippen MR) is 90.9 cm³/mol. The lowest BCUT2D eigenvalue weighted by atomic mass is 9.87. The fourth-order valence-corrected chi connectivity index (χ4v) is 2.91. The molecule has 1 aliphatic rings. The van der Waals surface area contributed by atoms with E-state index >= 15 is 0 Å². The van der Waals surface area contributed by atoms with Gasteiger partial charge in [-0.1, -0.05) is 32.9 Å². The van der Waals surface area contributed by atoms with Crippen LogP contribution in [0.4, 0.5) is 10.5 Å². The summed E-state index contributed by atoms with van der Waals surface area (Å²) < 4.78 is 0. The van der Waals surface area contributed by atoms with Crippen molar-refractivity contribution in [3.8, 4) is 0 Å². The molecule has 5 heteroatoms. The summed E-state index contributed by atoms with van der Waals surface area (Å²) in [6.07, 6.45) is 2.23. The highest BCUT2D eigenvalue weighted by atomic mass is 16.4. The van der Waals surface area contributed by atoms with Gasteiger partial charge in [-0.25, -0.2) is 9.59 Å². The molecule has 1 heterocycles. The molecule has 126 valence electrons. The van der Waals surface area contributed by atoms with Gasteiger partial charge < -0.3 is 10.0 Å². The molecule has 0 bridgehead atoms. The van der Waals surface area contributed by atoms with Crippen molar-refractivity contribution < 1.29 is 14.7 Å². The van der Waals surface area contributed by atoms with Gasteiger partial charge in [-0.3, -0.25) is 4.90 Å². The van der Waals surface area contributed by atoms with Crippen LogP contribution in [0.1, 0.15) is 45.6 Å². The number of rotatable bonds is 2. The second-order valence-electron chi connectivity index (χ2n) is 7.18. The molecular formula is C18H26N2O3. The fraction of sp³-hybridized carbons (Fsp3) is 0.556. The first-order chi connectivity index (χ1) is 10.7. The van der Waals surface area contributed by atoms with Gasteiger partial charge in [0.15, 0.2) is 0 Å². The highest BCUT2D eigenvalue weighted by molar-refractivity contribution is 5.94. The fourth-order valence-electron chi connectivity index (χ4n) is 2.91. The molecule has 1 aromatic rings. The van der Waals surface area contributed by atoms with E-state index < -0.39 is 12.0 Å². The third-order valence-corrected chi connectivity index (χ3v) is 4.44. The lowest BCUT2D eigenvalue weighted by Crippen LogP contribution is -2.52. The molecule has 5 nitrogen and oxygen atoms in total. The number of anilines is 1. The Morgan fingerprint density at radius 1 is 1.17 bits per heavy atom. The van der Waals surface area contributed by atoms with E-state index in [9.17, 15) is 14.7 Å². The van der Waals surface area contributed by atoms with E-state index in [-0.39, 0.29) is 11.4 Å². The number of hydrogen-bond acceptors (Lipinski definition) is 2. The smallest absolute Gasteiger partial charge is 0.326 e. The number of benzene rings is 1. The van der Waals surface area contributed by atoms with Gasteiger partial charge in [-0.2, -0.15) is 0 Å². The average molecular weight is 318 g/mol. The number of likely N-dealkylation sites (tertiary alicyclic amines) is 1. The summed E-state index contributed by atoms with van der Waals surface area (Å²) in [4.78, 5) is 27.1. The number of nitrogens with zero attached hydrogens (tertiary/aromatic N) is 2. The van der Waals surface area contributed by atoms with Crippen molar-refractivity contribution in [2.75, 3.05) is 18.5 Å². The molecule has 0 radical (unpaired) electrons. The van der Waals surface area contributed by atoms with Crippen LogP contribution in [0.2, 0.25) is 0 Å². The molecule has 1 atom stereocenters. The van der Waals surface area contributed by atoms with Gasteiger partial charge in [0.05, 0.1) is 0 Å². The Balaban J connectivity index is 2.17. The number of amides is 2. The number of urea groups is 1. The number of carbonyl (C=O) groups excluding carboxylic acids is 1. The molecule has 1 fully saturated rings. The van der Waals surface area contributed by atoms with Crippen LogP contribution >= 0.6 is 0 Å². The van der Waals surface area contributed by atoms with E-state index in [4.69, 9.17) is 0 Å². The highest BCUT2D eigenvalue weighted by Crippen LogP contribution is 2.26. The summed E-state index contributed by atoms with van der Waals surface area (Å²) in [7, 11) is 1.70. The first-order valence-electron chi connectivity index (χ1n) is 8.09. The molecule has 1 N–H and O–H groups in total. The summed E-state index contributed by atoms with van der Waals surface area (Å²) in [5.74, 6) is -0.922. The molecule has 0 aromatic heterocycles. The van der Waals surface area contributed by atoms with E-state index in [1.54, 1.807) is 7.05 Å². The number of carbonyl (C=O) groups is 2. The number of carboxylic acids is 1. The summed E-state index contributed by atoms with van der Waals surface area (Å²) in [5.41, 5.74) is 2.03. The minimum absolute atomic E-state index is 0.0579. The quantitative estimate of drug-likeness (QED) is 0.908. The lowest BCUT2D eigenvalue weighted by molar-refractivity contribution is -0.143. The Morgan fingerprint density at radius 2 is 1.78 bits per heavy atom. The van der Waals surface area contributed by atoms with Crippen molar-refractivity contribution in [1.29, 1.82) is 0 Å². The Morgan fingerprint density at radius 3 is 2.30 bits per heavy atom. The minimum Gasteiger partial charge on any atom is -0.480 e. The SMILES string of the molecule is CN(C(=O)N1CCCCC1C(=O)O)c1ccc(C(C)(C)C)cc1. The normalized spacial score (nSPS) is 18.6. The topological polar surface area (TPSA) is 60.9 Å². The maximum absolute atomic E-state index is 12.7. The second-order valence-corrected chi connectivity index (χ2v) is 7.18. The maximum Gasteiger partial charge on any atom is 0.326 e. The third kappa shape index (κ3) is 3.84. The van der Waals surface area contributed by atoms with Gasteiger partial charge in [0, 0.05) is 19.3 Å². The van der Waals surface area contributed by atoms with Crippen molar-refractivity contribution >= 4 is 17.7 Å². The molecule has 2 rings (SSSR count). The summed E-state index contributed by atoms with van der Waals surface area (Å²) in [6.45, 7) is 6.92. The zero-order valence-electron chi connectivity index (χ0n) is 14.4. The van der Waals surface area contributed by atoms with E-state index in [0.29, 0.717) is 13.0 Å². The van der Waals surface area contributed by atoms with Gasteiger partial charge in [0.1, 0.15) is 6.04 Å². The van der Waals surface area contributed by atoms with Crippen LogP contribution in [0, 0.1) is 0 Å². The zero-order valence-corrected chi connectivity index (χ0v) is 14.4. The Labute approximate surface area is 137 Å². The van der Waals surface area contributed by atoms with Crippen LogP contribution in [0.25, 0.3) is 0 Å². The summed E-state index contributed by atoms with van der Waals surface area (Å²) in [6, 6.07) is 6.90. The zero-order chi connectivity index (χ0) is 17.2. The number of piperidine rings is 1. The Kier molecular flexibility index (Phi) is 4.97. The molecule has 2 amide bonds. The Bertz CT molecular complexity index is 575. The lowest BCUT2D eigenvalue weighted by Gasteiger charge is -2.35. The van der Waals surface area contributed by atoms with Gasteiger partial charge in [-0.05, 0) is 42.4 Å². The summed E-state index contributed by atoms with van der Waals surface area (Å²) >= 11 is 0. The van der Waals surface area contributed by atoms with E-state index in [1.807, 2.05) is 24.3 Å². The maximum atomic E-state index is 12.7. The predicted octanol–water partition coefficient (Wildman–Crippen LogP) is 3.48. The highest BCUT2D eigenvalue weighted by Gasteiger charge is 2.33. The van der Waals surface area contributed by atoms with Crippen molar-refractivity contribution in [1.82, 2.24) is 4.90 Å². The Hall–Kier alpha value is -2.04. The van der Waals surface area contributed by atoms with Crippen molar-refractivity contribution in [2.24, 2.45) is 0 Å². The monoisotopic (exact) mass is 318 g/mol. The first-order valence-corrected chi connectivity index (χ1v) is 8.09. The number of hydrogen-bond donors (Lipinski definition) is 1. The van der Waals surface area contributed by atoms with Crippen LogP contribution in [0.5, 0.6) is 0 Å². The van der Waals surface area contributed by atoms with E-state index in [0.717, 1.165) is 18.5 Å². The van der Waals surface area contributed by atoms with Crippen LogP contribution in [0.15, 0.2) is 24.3 Å². The van der Waals surface area contributed by atoms with Crippen LogP contribution in [-0.2, 0) is 10.2 Å². The second kappa shape index (κ2) is 6.60. The van der Waals surface area contributed by atoms with E-state index in [1.165, 1.54) is 15.4 Å². The molecule has 23 heavy (non-hydrogen) atoms. The molecule has 1 aromatic carbocycles. The van der Waals surface area contributed by atoms with Crippen molar-refractivity contribution in [3.63, 3.8) is 0 Å². The molecule has 1 aliphatic heterocycles. The third-order valence-electron chi connectivity index (χ3n) is 4.44. The van der Waals surface area contributed by atoms with E-state index in [2.05, 4.69) is 20.8 Å². The molecule has 0 aliphatic carbocycles. The average Bonchev–Trinajstić information content (AvgIpc) is 2.52. The van der Waals surface area contributed by atoms with Crippen LogP contribution in [0.3, 0.4) is 0 Å². The largest absolute Gasteiger partial charge is 0.480 e. The van der Waals surface area contributed by atoms with Gasteiger partial charge >= 0.3 is 12.0 Å².